The Hall–Kier alpha value is -2.76. The first-order chi connectivity index (χ1) is 9.54. The van der Waals surface area contributed by atoms with Crippen molar-refractivity contribution in [2.45, 2.75) is 6.92 Å². The van der Waals surface area contributed by atoms with Gasteiger partial charge in [0.1, 0.15) is 0 Å². The van der Waals surface area contributed by atoms with Crippen molar-refractivity contribution < 1.29 is 14.3 Å². The normalized spacial score (nSPS) is 10.9. The summed E-state index contributed by atoms with van der Waals surface area (Å²) in [5, 5.41) is 15.9. The highest BCUT2D eigenvalue weighted by atomic mass is 19.1. The zero-order valence-electron chi connectivity index (χ0n) is 10.5. The van der Waals surface area contributed by atoms with Gasteiger partial charge in [-0.25, -0.2) is 9.78 Å². The summed E-state index contributed by atoms with van der Waals surface area (Å²) in [4.78, 5) is 14.7. The van der Waals surface area contributed by atoms with Gasteiger partial charge in [-0.15, -0.1) is 0 Å². The van der Waals surface area contributed by atoms with Gasteiger partial charge in [0.15, 0.2) is 5.69 Å². The van der Waals surface area contributed by atoms with Crippen LogP contribution < -0.4 is 0 Å². The van der Waals surface area contributed by atoms with E-state index in [1.54, 1.807) is 31.2 Å². The number of carbonyl (C=O) groups is 1. The largest absolute Gasteiger partial charge is 0.476 e. The Labute approximate surface area is 113 Å². The second-order valence-corrected chi connectivity index (χ2v) is 4.46. The Kier molecular flexibility index (Phi) is 2.71. The van der Waals surface area contributed by atoms with Crippen molar-refractivity contribution in [2.24, 2.45) is 0 Å². The van der Waals surface area contributed by atoms with E-state index in [1.807, 2.05) is 0 Å². The van der Waals surface area contributed by atoms with Gasteiger partial charge in [-0.3, -0.25) is 5.10 Å². The number of carboxylic acid groups (broad SMARTS) is 1. The minimum absolute atomic E-state index is 0.0244. The first-order valence-electron chi connectivity index (χ1n) is 5.90. The van der Waals surface area contributed by atoms with Gasteiger partial charge in [0.05, 0.1) is 5.52 Å². The second-order valence-electron chi connectivity index (χ2n) is 4.46. The van der Waals surface area contributed by atoms with Gasteiger partial charge in [0.2, 0.25) is 5.95 Å². The summed E-state index contributed by atoms with van der Waals surface area (Å²) < 4.78 is 13.3. The number of benzene rings is 1. The zero-order chi connectivity index (χ0) is 14.3. The van der Waals surface area contributed by atoms with Crippen molar-refractivity contribution in [3.8, 4) is 11.1 Å². The molecular weight excluding hydrogens is 261 g/mol. The van der Waals surface area contributed by atoms with Crippen LogP contribution in [0.3, 0.4) is 0 Å². The van der Waals surface area contributed by atoms with Gasteiger partial charge < -0.3 is 5.11 Å². The van der Waals surface area contributed by atoms with Crippen molar-refractivity contribution in [2.75, 3.05) is 0 Å². The Morgan fingerprint density at radius 1 is 1.25 bits per heavy atom. The van der Waals surface area contributed by atoms with E-state index in [0.29, 0.717) is 22.2 Å². The van der Waals surface area contributed by atoms with Crippen LogP contribution >= 0.6 is 0 Å². The van der Waals surface area contributed by atoms with Gasteiger partial charge in [0.25, 0.3) is 0 Å². The zero-order valence-corrected chi connectivity index (χ0v) is 10.5. The summed E-state index contributed by atoms with van der Waals surface area (Å²) in [6.45, 7) is 1.71. The molecule has 0 saturated carbocycles. The topological polar surface area (TPSA) is 78.9 Å². The fourth-order valence-corrected chi connectivity index (χ4v) is 2.16. The van der Waals surface area contributed by atoms with E-state index in [0.717, 1.165) is 5.56 Å². The summed E-state index contributed by atoms with van der Waals surface area (Å²) in [6, 6.07) is 8.23. The number of H-pyrrole nitrogens is 1. The molecule has 0 aliphatic heterocycles. The van der Waals surface area contributed by atoms with Gasteiger partial charge in [-0.05, 0) is 36.2 Å². The SMILES string of the molecule is Cc1cc(-c2ccc3c(C(=O)O)n[nH]c3c2)cc(F)n1. The van der Waals surface area contributed by atoms with Crippen molar-refractivity contribution >= 4 is 16.9 Å². The molecule has 0 unspecified atom stereocenters. The Balaban J connectivity index is 2.16. The van der Waals surface area contributed by atoms with Gasteiger partial charge in [-0.1, -0.05) is 6.07 Å². The Morgan fingerprint density at radius 3 is 2.75 bits per heavy atom. The van der Waals surface area contributed by atoms with Crippen LogP contribution in [0.2, 0.25) is 0 Å². The molecule has 20 heavy (non-hydrogen) atoms. The van der Waals surface area contributed by atoms with Crippen LogP contribution in [0.1, 0.15) is 16.2 Å². The quantitative estimate of drug-likeness (QED) is 0.702. The first kappa shape index (κ1) is 12.3. The molecule has 2 N–H and O–H groups in total. The lowest BCUT2D eigenvalue weighted by molar-refractivity contribution is 0.0692. The standard InChI is InChI=1S/C14H10FN3O2/c1-7-4-9(6-12(15)16-7)8-2-3-10-11(5-8)17-18-13(10)14(19)20/h2-6H,1H3,(H,17,18)(H,19,20). The smallest absolute Gasteiger partial charge is 0.357 e. The predicted octanol–water partition coefficient (Wildman–Crippen LogP) is 2.77. The average molecular weight is 271 g/mol. The lowest BCUT2D eigenvalue weighted by atomic mass is 10.0. The van der Waals surface area contributed by atoms with E-state index in [2.05, 4.69) is 15.2 Å². The highest BCUT2D eigenvalue weighted by molar-refractivity contribution is 6.01. The molecule has 0 radical (unpaired) electrons. The number of halogens is 1. The van der Waals surface area contributed by atoms with E-state index in [-0.39, 0.29) is 5.69 Å². The molecule has 6 heteroatoms. The molecule has 1 aromatic carbocycles. The molecule has 0 aliphatic rings. The van der Waals surface area contributed by atoms with Crippen LogP contribution in [-0.2, 0) is 0 Å². The number of rotatable bonds is 2. The van der Waals surface area contributed by atoms with Crippen LogP contribution in [0.4, 0.5) is 4.39 Å². The summed E-state index contributed by atoms with van der Waals surface area (Å²) in [7, 11) is 0. The van der Waals surface area contributed by atoms with E-state index >= 15 is 0 Å². The summed E-state index contributed by atoms with van der Waals surface area (Å²) in [5.41, 5.74) is 2.60. The second kappa shape index (κ2) is 4.41. The highest BCUT2D eigenvalue weighted by Crippen LogP contribution is 2.25. The molecule has 0 atom stereocenters. The molecule has 0 spiro atoms. The van der Waals surface area contributed by atoms with E-state index in [4.69, 9.17) is 5.11 Å². The third-order valence-corrected chi connectivity index (χ3v) is 3.02. The molecule has 5 nitrogen and oxygen atoms in total. The monoisotopic (exact) mass is 271 g/mol. The van der Waals surface area contributed by atoms with Crippen LogP contribution in [-0.4, -0.2) is 26.3 Å². The third-order valence-electron chi connectivity index (χ3n) is 3.02. The summed E-state index contributed by atoms with van der Waals surface area (Å²) in [6.07, 6.45) is 0. The van der Waals surface area contributed by atoms with Crippen LogP contribution in [0.15, 0.2) is 30.3 Å². The van der Waals surface area contributed by atoms with Gasteiger partial charge in [0, 0.05) is 17.1 Å². The van der Waals surface area contributed by atoms with Crippen molar-refractivity contribution in [3.05, 3.63) is 47.7 Å². The molecule has 0 aliphatic carbocycles. The minimum Gasteiger partial charge on any atom is -0.476 e. The molecule has 0 bridgehead atoms. The van der Waals surface area contributed by atoms with Crippen molar-refractivity contribution in [1.29, 1.82) is 0 Å². The number of hydrogen-bond acceptors (Lipinski definition) is 3. The van der Waals surface area contributed by atoms with Crippen molar-refractivity contribution in [3.63, 3.8) is 0 Å². The maximum atomic E-state index is 13.3. The number of aromatic carboxylic acids is 1. The number of aryl methyl sites for hydroxylation is 1. The molecule has 3 aromatic rings. The summed E-state index contributed by atoms with van der Waals surface area (Å²) in [5.74, 6) is -1.63. The molecule has 0 saturated heterocycles. The number of fused-ring (bicyclic) bond motifs is 1. The number of nitrogens with zero attached hydrogens (tertiary/aromatic N) is 2. The van der Waals surface area contributed by atoms with Gasteiger partial charge in [-0.2, -0.15) is 9.49 Å². The number of carboxylic acids is 1. The number of nitrogens with one attached hydrogen (secondary N) is 1. The Morgan fingerprint density at radius 2 is 2.05 bits per heavy atom. The predicted molar refractivity (Wildman–Crippen MR) is 71.0 cm³/mol. The van der Waals surface area contributed by atoms with E-state index in [1.165, 1.54) is 6.07 Å². The lowest BCUT2D eigenvalue weighted by Crippen LogP contribution is -1.96. The minimum atomic E-state index is -1.09. The molecule has 100 valence electrons. The fourth-order valence-electron chi connectivity index (χ4n) is 2.16. The maximum Gasteiger partial charge on any atom is 0.357 e. The van der Waals surface area contributed by atoms with Crippen LogP contribution in [0.5, 0.6) is 0 Å². The first-order valence-corrected chi connectivity index (χ1v) is 5.90. The third kappa shape index (κ3) is 2.01. The number of aromatic amines is 1. The van der Waals surface area contributed by atoms with E-state index in [9.17, 15) is 9.18 Å². The maximum absolute atomic E-state index is 13.3. The fraction of sp³-hybridized carbons (Fsp3) is 0.0714. The van der Waals surface area contributed by atoms with Crippen molar-refractivity contribution in [1.82, 2.24) is 15.2 Å². The van der Waals surface area contributed by atoms with Gasteiger partial charge >= 0.3 is 5.97 Å². The molecule has 0 fully saturated rings. The molecule has 2 aromatic heterocycles. The average Bonchev–Trinajstić information content (AvgIpc) is 2.80. The summed E-state index contributed by atoms with van der Waals surface area (Å²) >= 11 is 0. The molecule has 3 rings (SSSR count). The van der Waals surface area contributed by atoms with E-state index < -0.39 is 11.9 Å². The highest BCUT2D eigenvalue weighted by Gasteiger charge is 2.13. The van der Waals surface area contributed by atoms with Crippen LogP contribution in [0, 0.1) is 12.9 Å². The molecule has 2 heterocycles. The number of aromatic nitrogens is 3. The number of pyridine rings is 1. The molecular formula is C14H10FN3O2. The lowest BCUT2D eigenvalue weighted by Gasteiger charge is -2.03. The molecule has 0 amide bonds. The Bertz CT molecular complexity index is 806. The van der Waals surface area contributed by atoms with Crippen LogP contribution in [0.25, 0.3) is 22.0 Å². The number of hydrogen-bond donors (Lipinski definition) is 2.